The van der Waals surface area contributed by atoms with Gasteiger partial charge < -0.3 is 0 Å². The lowest BCUT2D eigenvalue weighted by Gasteiger charge is -1.97. The number of para-hydroxylation sites is 1. The number of aryl methyl sites for hydroxylation is 2. The molecule has 2 aromatic heterocycles. The van der Waals surface area contributed by atoms with E-state index in [2.05, 4.69) is 41.2 Å². The van der Waals surface area contributed by atoms with Crippen LogP contribution in [0.3, 0.4) is 0 Å². The standard InChI is InChI=1S/C10H9N.C6H7N.C2H6/c1-8-4-2-5-9-6-3-7-11-10(8)9;1-6-4-2-3-5-7-6;1-2/h2-7H,1H3;2-5H,1H3;1-2H3. The van der Waals surface area contributed by atoms with Crippen molar-refractivity contribution in [2.24, 2.45) is 0 Å². The smallest absolute Gasteiger partial charge is 0.0731 e. The molecule has 0 saturated heterocycles. The number of rotatable bonds is 0. The van der Waals surface area contributed by atoms with Crippen molar-refractivity contribution in [1.82, 2.24) is 9.97 Å². The number of hydrogen-bond donors (Lipinski definition) is 0. The Morgan fingerprint density at radius 1 is 0.700 bits per heavy atom. The summed E-state index contributed by atoms with van der Waals surface area (Å²) in [7, 11) is 0. The van der Waals surface area contributed by atoms with E-state index >= 15 is 0 Å². The van der Waals surface area contributed by atoms with Gasteiger partial charge >= 0.3 is 0 Å². The summed E-state index contributed by atoms with van der Waals surface area (Å²) in [5.41, 5.74) is 3.42. The lowest BCUT2D eigenvalue weighted by Crippen LogP contribution is -1.80. The maximum Gasteiger partial charge on any atom is 0.0731 e. The van der Waals surface area contributed by atoms with Crippen LogP contribution in [0.25, 0.3) is 10.9 Å². The molecule has 0 unspecified atom stereocenters. The molecule has 0 radical (unpaired) electrons. The van der Waals surface area contributed by atoms with Crippen molar-refractivity contribution in [3.8, 4) is 0 Å². The van der Waals surface area contributed by atoms with Gasteiger partial charge in [-0.15, -0.1) is 0 Å². The second kappa shape index (κ2) is 8.81. The van der Waals surface area contributed by atoms with E-state index in [0.717, 1.165) is 11.2 Å². The van der Waals surface area contributed by atoms with Crippen molar-refractivity contribution in [3.63, 3.8) is 0 Å². The van der Waals surface area contributed by atoms with E-state index in [4.69, 9.17) is 0 Å². The first-order valence-corrected chi connectivity index (χ1v) is 6.95. The zero-order valence-corrected chi connectivity index (χ0v) is 12.7. The minimum Gasteiger partial charge on any atom is -0.262 e. The topological polar surface area (TPSA) is 25.8 Å². The average Bonchev–Trinajstić information content (AvgIpc) is 2.51. The molecule has 0 aliphatic carbocycles. The molecule has 104 valence electrons. The molecule has 0 fully saturated rings. The van der Waals surface area contributed by atoms with Crippen LogP contribution in [0.15, 0.2) is 60.9 Å². The molecular weight excluding hydrogens is 244 g/mol. The molecule has 0 aliphatic rings. The molecule has 20 heavy (non-hydrogen) atoms. The Morgan fingerprint density at radius 3 is 1.95 bits per heavy atom. The van der Waals surface area contributed by atoms with Crippen LogP contribution >= 0.6 is 0 Å². The van der Waals surface area contributed by atoms with Crippen molar-refractivity contribution < 1.29 is 0 Å². The Bertz CT molecular complexity index is 613. The molecule has 2 nitrogen and oxygen atoms in total. The number of aromatic nitrogens is 2. The second-order valence-electron chi connectivity index (χ2n) is 4.12. The predicted octanol–water partition coefficient (Wildman–Crippen LogP) is 4.96. The Labute approximate surface area is 121 Å². The highest BCUT2D eigenvalue weighted by Crippen LogP contribution is 2.13. The highest BCUT2D eigenvalue weighted by atomic mass is 14.6. The minimum atomic E-state index is 1.07. The van der Waals surface area contributed by atoms with Gasteiger partial charge in [-0.1, -0.05) is 44.2 Å². The van der Waals surface area contributed by atoms with Gasteiger partial charge in [0, 0.05) is 23.5 Å². The summed E-state index contributed by atoms with van der Waals surface area (Å²) in [5.74, 6) is 0. The van der Waals surface area contributed by atoms with Gasteiger partial charge in [0.2, 0.25) is 0 Å². The summed E-state index contributed by atoms with van der Waals surface area (Å²) in [6.45, 7) is 8.05. The van der Waals surface area contributed by atoms with Crippen LogP contribution in [0.2, 0.25) is 0 Å². The lowest BCUT2D eigenvalue weighted by molar-refractivity contribution is 1.20. The van der Waals surface area contributed by atoms with E-state index in [1.54, 1.807) is 6.20 Å². The Kier molecular flexibility index (Phi) is 6.97. The molecule has 2 heteroatoms. The van der Waals surface area contributed by atoms with Crippen molar-refractivity contribution in [2.45, 2.75) is 27.7 Å². The highest BCUT2D eigenvalue weighted by molar-refractivity contribution is 5.81. The highest BCUT2D eigenvalue weighted by Gasteiger charge is 1.93. The maximum absolute atomic E-state index is 4.28. The number of fused-ring (bicyclic) bond motifs is 1. The Hall–Kier alpha value is -2.22. The monoisotopic (exact) mass is 266 g/mol. The normalized spacial score (nSPS) is 9.00. The molecule has 0 amide bonds. The summed E-state index contributed by atoms with van der Waals surface area (Å²) in [5, 5.41) is 1.22. The van der Waals surface area contributed by atoms with E-state index in [0.29, 0.717) is 0 Å². The number of hydrogen-bond acceptors (Lipinski definition) is 2. The van der Waals surface area contributed by atoms with Crippen LogP contribution in [-0.2, 0) is 0 Å². The molecule has 0 bridgehead atoms. The molecular formula is C18H22N2. The summed E-state index contributed by atoms with van der Waals surface area (Å²) < 4.78 is 0. The van der Waals surface area contributed by atoms with E-state index in [1.165, 1.54) is 10.9 Å². The van der Waals surface area contributed by atoms with E-state index < -0.39 is 0 Å². The van der Waals surface area contributed by atoms with Gasteiger partial charge in [-0.05, 0) is 37.6 Å². The van der Waals surface area contributed by atoms with E-state index in [9.17, 15) is 0 Å². The third-order valence-electron chi connectivity index (χ3n) is 2.65. The summed E-state index contributed by atoms with van der Waals surface area (Å²) >= 11 is 0. The van der Waals surface area contributed by atoms with Gasteiger partial charge in [0.15, 0.2) is 0 Å². The third-order valence-corrected chi connectivity index (χ3v) is 2.65. The zero-order valence-electron chi connectivity index (χ0n) is 12.7. The molecule has 0 atom stereocenters. The van der Waals surface area contributed by atoms with E-state index in [-0.39, 0.29) is 0 Å². The lowest BCUT2D eigenvalue weighted by atomic mass is 10.1. The largest absolute Gasteiger partial charge is 0.262 e. The van der Waals surface area contributed by atoms with Crippen molar-refractivity contribution >= 4 is 10.9 Å². The van der Waals surface area contributed by atoms with Crippen molar-refractivity contribution in [1.29, 1.82) is 0 Å². The average molecular weight is 266 g/mol. The fourth-order valence-corrected chi connectivity index (χ4v) is 1.70. The van der Waals surface area contributed by atoms with Crippen LogP contribution in [0.1, 0.15) is 25.1 Å². The fraction of sp³-hybridized carbons (Fsp3) is 0.222. The van der Waals surface area contributed by atoms with Gasteiger partial charge in [-0.25, -0.2) is 0 Å². The molecule has 2 heterocycles. The number of pyridine rings is 2. The first-order chi connectivity index (χ1) is 9.77. The molecule has 3 rings (SSSR count). The quantitative estimate of drug-likeness (QED) is 0.574. The first kappa shape index (κ1) is 15.8. The molecule has 0 N–H and O–H groups in total. The molecule has 0 spiro atoms. The SMILES string of the molecule is CC.Cc1cccc2cccnc12.Cc1ccccn1. The molecule has 0 saturated carbocycles. The van der Waals surface area contributed by atoms with Crippen LogP contribution in [-0.4, -0.2) is 9.97 Å². The number of nitrogens with zero attached hydrogens (tertiary/aromatic N) is 2. The van der Waals surface area contributed by atoms with Gasteiger partial charge in [0.25, 0.3) is 0 Å². The van der Waals surface area contributed by atoms with E-state index in [1.807, 2.05) is 51.2 Å². The summed E-state index contributed by atoms with van der Waals surface area (Å²) in [4.78, 5) is 8.26. The summed E-state index contributed by atoms with van der Waals surface area (Å²) in [6.07, 6.45) is 3.62. The minimum absolute atomic E-state index is 1.07. The Morgan fingerprint density at radius 2 is 1.40 bits per heavy atom. The Balaban J connectivity index is 0.000000193. The van der Waals surface area contributed by atoms with Crippen molar-refractivity contribution in [2.75, 3.05) is 0 Å². The molecule has 0 aliphatic heterocycles. The van der Waals surface area contributed by atoms with Crippen LogP contribution in [0.4, 0.5) is 0 Å². The third kappa shape index (κ3) is 4.81. The van der Waals surface area contributed by atoms with Crippen LogP contribution in [0, 0.1) is 13.8 Å². The summed E-state index contributed by atoms with van der Waals surface area (Å²) in [6, 6.07) is 16.1. The van der Waals surface area contributed by atoms with Gasteiger partial charge in [0.1, 0.15) is 0 Å². The molecule has 1 aromatic carbocycles. The van der Waals surface area contributed by atoms with Gasteiger partial charge in [-0.2, -0.15) is 0 Å². The maximum atomic E-state index is 4.28. The van der Waals surface area contributed by atoms with Crippen LogP contribution < -0.4 is 0 Å². The first-order valence-electron chi connectivity index (χ1n) is 6.95. The van der Waals surface area contributed by atoms with Crippen LogP contribution in [0.5, 0.6) is 0 Å². The van der Waals surface area contributed by atoms with Gasteiger partial charge in [-0.3, -0.25) is 9.97 Å². The fourth-order valence-electron chi connectivity index (χ4n) is 1.70. The molecule has 3 aromatic rings. The van der Waals surface area contributed by atoms with Gasteiger partial charge in [0.05, 0.1) is 5.52 Å². The predicted molar refractivity (Wildman–Crippen MR) is 86.8 cm³/mol. The van der Waals surface area contributed by atoms with Crippen molar-refractivity contribution in [3.05, 3.63) is 72.2 Å². The number of benzene rings is 1. The zero-order chi connectivity index (χ0) is 14.8. The second-order valence-corrected chi connectivity index (χ2v) is 4.12.